The highest BCUT2D eigenvalue weighted by Crippen LogP contribution is 2.38. The van der Waals surface area contributed by atoms with Crippen molar-refractivity contribution in [2.24, 2.45) is 5.73 Å². The second-order valence-corrected chi connectivity index (χ2v) is 10.1. The molecule has 0 spiro atoms. The van der Waals surface area contributed by atoms with E-state index in [4.69, 9.17) is 15.2 Å². The first-order valence-electron chi connectivity index (χ1n) is 13.2. The Hall–Kier alpha value is -3.32. The van der Waals surface area contributed by atoms with Crippen LogP contribution in [-0.2, 0) is 29.2 Å². The third kappa shape index (κ3) is 6.57. The van der Waals surface area contributed by atoms with Gasteiger partial charge in [-0.25, -0.2) is 0 Å². The van der Waals surface area contributed by atoms with Gasteiger partial charge in [-0.3, -0.25) is 4.90 Å². The Bertz CT molecular complexity index is 1290. The lowest BCUT2D eigenvalue weighted by atomic mass is 9.99. The largest absolute Gasteiger partial charge is 0.392 e. The van der Waals surface area contributed by atoms with E-state index < -0.39 is 6.29 Å². The Labute approximate surface area is 225 Å². The van der Waals surface area contributed by atoms with Crippen LogP contribution >= 0.6 is 0 Å². The maximum Gasteiger partial charge on any atom is 0.184 e. The summed E-state index contributed by atoms with van der Waals surface area (Å²) in [6.07, 6.45) is 0.201. The van der Waals surface area contributed by atoms with Crippen molar-refractivity contribution < 1.29 is 14.6 Å². The van der Waals surface area contributed by atoms with E-state index in [2.05, 4.69) is 84.7 Å². The first kappa shape index (κ1) is 26.3. The Morgan fingerprint density at radius 1 is 0.763 bits per heavy atom. The molecular formula is C33H36N2O3. The van der Waals surface area contributed by atoms with Crippen LogP contribution in [-0.4, -0.2) is 29.7 Å². The van der Waals surface area contributed by atoms with Gasteiger partial charge in [-0.2, -0.15) is 0 Å². The lowest BCUT2D eigenvalue weighted by Crippen LogP contribution is -2.37. The van der Waals surface area contributed by atoms with Gasteiger partial charge in [0.15, 0.2) is 6.29 Å². The zero-order chi connectivity index (χ0) is 26.3. The van der Waals surface area contributed by atoms with Crippen LogP contribution in [0, 0.1) is 0 Å². The van der Waals surface area contributed by atoms with Crippen LogP contribution in [0.1, 0.15) is 46.6 Å². The number of nitrogens with zero attached hydrogens (tertiary/aromatic N) is 1. The normalized spacial score (nSPS) is 19.5. The number of rotatable bonds is 9. The third-order valence-corrected chi connectivity index (χ3v) is 7.10. The van der Waals surface area contributed by atoms with Crippen LogP contribution in [0.5, 0.6) is 0 Å². The molecule has 0 aliphatic carbocycles. The Kier molecular flexibility index (Phi) is 8.64. The predicted octanol–water partition coefficient (Wildman–Crippen LogP) is 5.98. The number of nitrogens with two attached hydrogens (primary N) is 1. The fourth-order valence-corrected chi connectivity index (χ4v) is 5.05. The lowest BCUT2D eigenvalue weighted by molar-refractivity contribution is -0.252. The SMILES string of the molecule is CN(Cc1ccccc1)C[C@H]1C[C@@H](c2ccc(CO)cc2)O[C@@H](c2ccc(-c3cccc(CN)c3)cc2)O1. The topological polar surface area (TPSA) is 68.0 Å². The first-order valence-corrected chi connectivity index (χ1v) is 13.2. The molecule has 1 heterocycles. The summed E-state index contributed by atoms with van der Waals surface area (Å²) < 4.78 is 13.1. The molecule has 3 N–H and O–H groups in total. The van der Waals surface area contributed by atoms with Crippen molar-refractivity contribution in [3.8, 4) is 11.1 Å². The van der Waals surface area contributed by atoms with Crippen LogP contribution < -0.4 is 5.73 Å². The average molecular weight is 509 g/mol. The van der Waals surface area contributed by atoms with Gasteiger partial charge in [0.1, 0.15) is 0 Å². The smallest absolute Gasteiger partial charge is 0.184 e. The molecule has 0 bridgehead atoms. The quantitative estimate of drug-likeness (QED) is 0.291. The van der Waals surface area contributed by atoms with Gasteiger partial charge in [-0.05, 0) is 46.5 Å². The molecule has 1 fully saturated rings. The van der Waals surface area contributed by atoms with Crippen molar-refractivity contribution in [1.29, 1.82) is 0 Å². The summed E-state index contributed by atoms with van der Waals surface area (Å²) in [5.41, 5.74) is 13.5. The van der Waals surface area contributed by atoms with E-state index in [0.29, 0.717) is 6.54 Å². The van der Waals surface area contributed by atoms with Gasteiger partial charge >= 0.3 is 0 Å². The second-order valence-electron chi connectivity index (χ2n) is 10.1. The van der Waals surface area contributed by atoms with Crippen LogP contribution in [0.4, 0.5) is 0 Å². The molecule has 0 aromatic heterocycles. The number of likely N-dealkylation sites (N-methyl/N-ethyl adjacent to an activating group) is 1. The molecule has 0 saturated carbocycles. The molecule has 5 rings (SSSR count). The molecule has 5 heteroatoms. The summed E-state index contributed by atoms with van der Waals surface area (Å²) >= 11 is 0. The highest BCUT2D eigenvalue weighted by molar-refractivity contribution is 5.64. The zero-order valence-electron chi connectivity index (χ0n) is 21.9. The fraction of sp³-hybridized carbons (Fsp3) is 0.273. The van der Waals surface area contributed by atoms with E-state index in [0.717, 1.165) is 52.9 Å². The van der Waals surface area contributed by atoms with Crippen molar-refractivity contribution in [2.75, 3.05) is 13.6 Å². The number of aliphatic hydroxyl groups excluding tert-OH is 1. The molecule has 0 amide bonds. The lowest BCUT2D eigenvalue weighted by Gasteiger charge is -2.38. The number of hydrogen-bond donors (Lipinski definition) is 2. The monoisotopic (exact) mass is 508 g/mol. The van der Waals surface area contributed by atoms with Crippen molar-refractivity contribution in [3.05, 3.63) is 131 Å². The molecule has 1 aliphatic rings. The Morgan fingerprint density at radius 2 is 1.47 bits per heavy atom. The summed E-state index contributed by atoms with van der Waals surface area (Å²) in [4.78, 5) is 2.31. The van der Waals surface area contributed by atoms with E-state index in [1.807, 2.05) is 30.3 Å². The van der Waals surface area contributed by atoms with Gasteiger partial charge in [0.2, 0.25) is 0 Å². The van der Waals surface area contributed by atoms with E-state index >= 15 is 0 Å². The van der Waals surface area contributed by atoms with Crippen LogP contribution in [0.15, 0.2) is 103 Å². The van der Waals surface area contributed by atoms with Crippen molar-refractivity contribution in [2.45, 2.75) is 44.6 Å². The number of aliphatic hydroxyl groups is 1. The van der Waals surface area contributed by atoms with Crippen LogP contribution in [0.3, 0.4) is 0 Å². The van der Waals surface area contributed by atoms with Gasteiger partial charge < -0.3 is 20.3 Å². The number of benzene rings is 4. The number of hydrogen-bond acceptors (Lipinski definition) is 5. The molecule has 196 valence electrons. The molecule has 38 heavy (non-hydrogen) atoms. The van der Waals surface area contributed by atoms with E-state index in [1.54, 1.807) is 0 Å². The highest BCUT2D eigenvalue weighted by Gasteiger charge is 2.32. The molecular weight excluding hydrogens is 472 g/mol. The third-order valence-electron chi connectivity index (χ3n) is 7.10. The summed E-state index contributed by atoms with van der Waals surface area (Å²) in [5.74, 6) is 0. The molecule has 1 saturated heterocycles. The summed E-state index contributed by atoms with van der Waals surface area (Å²) in [7, 11) is 2.14. The highest BCUT2D eigenvalue weighted by atomic mass is 16.7. The Morgan fingerprint density at radius 3 is 2.18 bits per heavy atom. The van der Waals surface area contributed by atoms with Crippen molar-refractivity contribution in [3.63, 3.8) is 0 Å². The van der Waals surface area contributed by atoms with E-state index in [1.165, 1.54) is 5.56 Å². The predicted molar refractivity (Wildman–Crippen MR) is 151 cm³/mol. The van der Waals surface area contributed by atoms with Crippen LogP contribution in [0.2, 0.25) is 0 Å². The molecule has 5 nitrogen and oxygen atoms in total. The zero-order valence-corrected chi connectivity index (χ0v) is 21.9. The minimum Gasteiger partial charge on any atom is -0.392 e. The van der Waals surface area contributed by atoms with Gasteiger partial charge in [-0.1, -0.05) is 97.1 Å². The van der Waals surface area contributed by atoms with Gasteiger partial charge in [0, 0.05) is 31.6 Å². The van der Waals surface area contributed by atoms with Gasteiger partial charge in [-0.15, -0.1) is 0 Å². The fourth-order valence-electron chi connectivity index (χ4n) is 5.05. The molecule has 0 radical (unpaired) electrons. The summed E-state index contributed by atoms with van der Waals surface area (Å²) in [6.45, 7) is 2.21. The molecule has 0 unspecified atom stereocenters. The van der Waals surface area contributed by atoms with Crippen molar-refractivity contribution >= 4 is 0 Å². The first-order chi connectivity index (χ1) is 18.6. The Balaban J connectivity index is 1.35. The maximum atomic E-state index is 9.46. The molecule has 3 atom stereocenters. The minimum absolute atomic E-state index is 0.00546. The average Bonchev–Trinajstić information content (AvgIpc) is 2.97. The standard InChI is InChI=1S/C33H36N2O3/c1-35(21-24-6-3-2-4-7-24)22-31-19-32(28-12-10-25(23-36)11-13-28)38-33(37-31)29-16-14-27(15-17-29)30-9-5-8-26(18-30)20-34/h2-18,31-33,36H,19-23,34H2,1H3/t31-,32+,33+/m1/s1. The summed E-state index contributed by atoms with van der Waals surface area (Å²) in [6, 6.07) is 35.3. The van der Waals surface area contributed by atoms with Gasteiger partial charge in [0.25, 0.3) is 0 Å². The van der Waals surface area contributed by atoms with Crippen molar-refractivity contribution in [1.82, 2.24) is 4.90 Å². The molecule has 4 aromatic rings. The maximum absolute atomic E-state index is 9.46. The molecule has 4 aromatic carbocycles. The molecule has 1 aliphatic heterocycles. The number of ether oxygens (including phenoxy) is 2. The van der Waals surface area contributed by atoms with Crippen LogP contribution in [0.25, 0.3) is 11.1 Å². The van der Waals surface area contributed by atoms with E-state index in [9.17, 15) is 5.11 Å². The second kappa shape index (κ2) is 12.5. The van der Waals surface area contributed by atoms with E-state index in [-0.39, 0.29) is 18.8 Å². The van der Waals surface area contributed by atoms with Gasteiger partial charge in [0.05, 0.1) is 18.8 Å². The summed E-state index contributed by atoms with van der Waals surface area (Å²) in [5, 5.41) is 9.46. The minimum atomic E-state index is -0.467.